The van der Waals surface area contributed by atoms with Gasteiger partial charge in [0.2, 0.25) is 0 Å². The van der Waals surface area contributed by atoms with Crippen LogP contribution in [-0.4, -0.2) is 24.3 Å². The van der Waals surface area contributed by atoms with Crippen molar-refractivity contribution >= 4 is 0 Å². The van der Waals surface area contributed by atoms with Crippen molar-refractivity contribution in [1.29, 1.82) is 0 Å². The highest BCUT2D eigenvalue weighted by atomic mass is 16.6. The third kappa shape index (κ3) is 2.92. The number of hydroxylamine groups is 2. The van der Waals surface area contributed by atoms with Gasteiger partial charge >= 0.3 is 0 Å². The number of fused-ring (bicyclic) bond motifs is 1. The molecule has 1 saturated carbocycles. The van der Waals surface area contributed by atoms with Crippen LogP contribution >= 0.6 is 0 Å². The first-order valence-electron chi connectivity index (χ1n) is 6.15. The average molecular weight is 213 g/mol. The van der Waals surface area contributed by atoms with Gasteiger partial charge in [-0.2, -0.15) is 0 Å². The average Bonchev–Trinajstić information content (AvgIpc) is 2.90. The Labute approximate surface area is 92.4 Å². The summed E-state index contributed by atoms with van der Waals surface area (Å²) in [7, 11) is 0. The minimum atomic E-state index is -0.159. The number of ether oxygens (including phenoxy) is 1. The normalized spacial score (nSPS) is 37.2. The maximum absolute atomic E-state index is 11.8. The van der Waals surface area contributed by atoms with Crippen LogP contribution < -0.4 is 5.06 Å². The van der Waals surface area contributed by atoms with E-state index < -0.39 is 0 Å². The van der Waals surface area contributed by atoms with Gasteiger partial charge in [0.15, 0.2) is 0 Å². The summed E-state index contributed by atoms with van der Waals surface area (Å²) < 4.78 is 5.50. The maximum atomic E-state index is 11.8. The summed E-state index contributed by atoms with van der Waals surface area (Å²) >= 11 is 0. The zero-order chi connectivity index (χ0) is 11.1. The Kier molecular flexibility index (Phi) is 3.06. The van der Waals surface area contributed by atoms with Crippen molar-refractivity contribution in [3.05, 3.63) is 5.21 Å². The minimum Gasteiger partial charge on any atom is -0.634 e. The molecule has 15 heavy (non-hydrogen) atoms. The predicted molar refractivity (Wildman–Crippen MR) is 59.6 cm³/mol. The quantitative estimate of drug-likeness (QED) is 0.564. The summed E-state index contributed by atoms with van der Waals surface area (Å²) in [4.78, 5) is 0. The highest BCUT2D eigenvalue weighted by Crippen LogP contribution is 2.40. The van der Waals surface area contributed by atoms with Crippen LogP contribution in [0.2, 0.25) is 0 Å². The molecule has 2 rings (SSSR count). The second-order valence-electron chi connectivity index (χ2n) is 6.10. The first kappa shape index (κ1) is 11.4. The molecular formula is C12H23NO2. The zero-order valence-corrected chi connectivity index (χ0v) is 10.1. The van der Waals surface area contributed by atoms with Crippen LogP contribution in [0, 0.1) is 11.1 Å². The molecule has 0 aromatic carbocycles. The number of rotatable bonds is 3. The van der Waals surface area contributed by atoms with Gasteiger partial charge in [-0.25, -0.2) is 0 Å². The first-order valence-corrected chi connectivity index (χ1v) is 6.15. The molecule has 3 heteroatoms. The number of hydrogen-bond donors (Lipinski definition) is 1. The molecule has 1 aliphatic carbocycles. The van der Waals surface area contributed by atoms with E-state index in [0.29, 0.717) is 17.3 Å². The molecule has 0 radical (unpaired) electrons. The number of epoxide rings is 1. The SMILES string of the molecule is CC(C)(C)[NH+]([O-])CCC1CCC2OC2C1. The van der Waals surface area contributed by atoms with Gasteiger partial charge in [0.25, 0.3) is 0 Å². The van der Waals surface area contributed by atoms with Gasteiger partial charge in [-0.1, -0.05) is 0 Å². The van der Waals surface area contributed by atoms with Crippen LogP contribution in [-0.2, 0) is 4.74 Å². The van der Waals surface area contributed by atoms with E-state index in [4.69, 9.17) is 4.74 Å². The van der Waals surface area contributed by atoms with E-state index >= 15 is 0 Å². The van der Waals surface area contributed by atoms with Crippen LogP contribution in [0.4, 0.5) is 0 Å². The Balaban J connectivity index is 1.69. The van der Waals surface area contributed by atoms with E-state index in [1.165, 1.54) is 19.3 Å². The Morgan fingerprint density at radius 1 is 1.27 bits per heavy atom. The lowest BCUT2D eigenvalue weighted by Crippen LogP contribution is -3.14. The fourth-order valence-corrected chi connectivity index (χ4v) is 2.46. The van der Waals surface area contributed by atoms with E-state index in [9.17, 15) is 5.21 Å². The molecule has 4 unspecified atom stereocenters. The minimum absolute atomic E-state index is 0.159. The molecular weight excluding hydrogens is 190 g/mol. The molecule has 1 aliphatic heterocycles. The van der Waals surface area contributed by atoms with Crippen molar-refractivity contribution in [3.8, 4) is 0 Å². The largest absolute Gasteiger partial charge is 0.634 e. The molecule has 2 aliphatic rings. The van der Waals surface area contributed by atoms with Crippen molar-refractivity contribution in [3.63, 3.8) is 0 Å². The van der Waals surface area contributed by atoms with Crippen molar-refractivity contribution in [2.45, 2.75) is 64.2 Å². The molecule has 0 amide bonds. The number of quaternary nitrogens is 1. The molecule has 1 heterocycles. The van der Waals surface area contributed by atoms with Gasteiger partial charge < -0.3 is 15.0 Å². The van der Waals surface area contributed by atoms with Gasteiger partial charge in [0.05, 0.1) is 24.3 Å². The van der Waals surface area contributed by atoms with Crippen LogP contribution in [0.5, 0.6) is 0 Å². The van der Waals surface area contributed by atoms with Crippen LogP contribution in [0.1, 0.15) is 46.5 Å². The summed E-state index contributed by atoms with van der Waals surface area (Å²) in [6.45, 7) is 6.79. The second kappa shape index (κ2) is 4.04. The standard InChI is InChI=1S/C12H23NO2/c1-12(2,3)13(14)7-6-9-4-5-10-11(8-9)15-10/h9-11,13H,4-8H2,1-3H3. The van der Waals surface area contributed by atoms with Gasteiger partial charge in [-0.15, -0.1) is 0 Å². The summed E-state index contributed by atoms with van der Waals surface area (Å²) in [5, 5.41) is 12.2. The Bertz CT molecular complexity index is 224. The molecule has 2 fully saturated rings. The number of nitrogens with one attached hydrogen (secondary N) is 1. The Morgan fingerprint density at radius 3 is 2.60 bits per heavy atom. The molecule has 0 aromatic rings. The molecule has 3 nitrogen and oxygen atoms in total. The molecule has 4 atom stereocenters. The first-order chi connectivity index (χ1) is 6.97. The zero-order valence-electron chi connectivity index (χ0n) is 10.1. The molecule has 0 aromatic heterocycles. The third-order valence-electron chi connectivity index (χ3n) is 3.73. The number of hydrogen-bond acceptors (Lipinski definition) is 2. The fourth-order valence-electron chi connectivity index (χ4n) is 2.46. The molecule has 0 bridgehead atoms. The van der Waals surface area contributed by atoms with Crippen molar-refractivity contribution < 1.29 is 9.80 Å². The van der Waals surface area contributed by atoms with Crippen molar-refractivity contribution in [2.75, 3.05) is 6.54 Å². The van der Waals surface area contributed by atoms with Gasteiger partial charge in [0.1, 0.15) is 0 Å². The smallest absolute Gasteiger partial charge is 0.0888 e. The maximum Gasteiger partial charge on any atom is 0.0888 e. The fraction of sp³-hybridized carbons (Fsp3) is 1.00. The van der Waals surface area contributed by atoms with Crippen LogP contribution in [0.15, 0.2) is 0 Å². The summed E-state index contributed by atoms with van der Waals surface area (Å²) in [5.74, 6) is 0.736. The highest BCUT2D eigenvalue weighted by molar-refractivity contribution is 4.91. The van der Waals surface area contributed by atoms with E-state index in [-0.39, 0.29) is 5.54 Å². The predicted octanol–water partition coefficient (Wildman–Crippen LogP) is 1.13. The van der Waals surface area contributed by atoms with Crippen LogP contribution in [0.3, 0.4) is 0 Å². The Hall–Kier alpha value is -0.120. The molecule has 1 saturated heterocycles. The topological polar surface area (TPSA) is 40.0 Å². The Morgan fingerprint density at radius 2 is 2.00 bits per heavy atom. The van der Waals surface area contributed by atoms with Crippen molar-refractivity contribution in [1.82, 2.24) is 0 Å². The van der Waals surface area contributed by atoms with Gasteiger partial charge in [0, 0.05) is 0 Å². The second-order valence-corrected chi connectivity index (χ2v) is 6.10. The monoisotopic (exact) mass is 213 g/mol. The van der Waals surface area contributed by atoms with E-state index in [1.54, 1.807) is 0 Å². The van der Waals surface area contributed by atoms with E-state index in [0.717, 1.165) is 18.9 Å². The van der Waals surface area contributed by atoms with E-state index in [2.05, 4.69) is 0 Å². The van der Waals surface area contributed by atoms with Gasteiger partial charge in [-0.05, 0) is 52.4 Å². The summed E-state index contributed by atoms with van der Waals surface area (Å²) in [5.41, 5.74) is -0.159. The third-order valence-corrected chi connectivity index (χ3v) is 3.73. The van der Waals surface area contributed by atoms with Gasteiger partial charge in [-0.3, -0.25) is 0 Å². The van der Waals surface area contributed by atoms with Crippen LogP contribution in [0.25, 0.3) is 0 Å². The lowest BCUT2D eigenvalue weighted by Gasteiger charge is -2.36. The molecule has 1 N–H and O–H groups in total. The molecule has 88 valence electrons. The van der Waals surface area contributed by atoms with E-state index in [1.807, 2.05) is 20.8 Å². The molecule has 0 spiro atoms. The summed E-state index contributed by atoms with van der Waals surface area (Å²) in [6, 6.07) is 0. The lowest BCUT2D eigenvalue weighted by molar-refractivity contribution is -0.898. The summed E-state index contributed by atoms with van der Waals surface area (Å²) in [6.07, 6.45) is 5.88. The highest BCUT2D eigenvalue weighted by Gasteiger charge is 2.43. The van der Waals surface area contributed by atoms with Crippen molar-refractivity contribution in [2.24, 2.45) is 5.92 Å². The lowest BCUT2D eigenvalue weighted by atomic mass is 9.87.